The van der Waals surface area contributed by atoms with Crippen LogP contribution in [0.25, 0.3) is 11.0 Å². The van der Waals surface area contributed by atoms with Gasteiger partial charge in [0, 0.05) is 15.4 Å². The fourth-order valence-corrected chi connectivity index (χ4v) is 2.81. The second kappa shape index (κ2) is 4.80. The fraction of sp³-hybridized carbons (Fsp3) is 0.417. The first-order valence-electron chi connectivity index (χ1n) is 6.24. The predicted octanol–water partition coefficient (Wildman–Crippen LogP) is 1.62. The Morgan fingerprint density at radius 3 is 2.68 bits per heavy atom. The number of hydrogen-bond acceptors (Lipinski definition) is 4. The van der Waals surface area contributed by atoms with Gasteiger partial charge in [0.05, 0.1) is 6.04 Å². The van der Waals surface area contributed by atoms with Crippen LogP contribution in [-0.4, -0.2) is 11.1 Å². The molecule has 1 aromatic carbocycles. The van der Waals surface area contributed by atoms with Gasteiger partial charge in [0.1, 0.15) is 0 Å². The van der Waals surface area contributed by atoms with Gasteiger partial charge in [-0.25, -0.2) is 4.73 Å². The van der Waals surface area contributed by atoms with Crippen LogP contribution in [0, 0.1) is 10.4 Å². The van der Waals surface area contributed by atoms with E-state index in [9.17, 15) is 10.4 Å². The van der Waals surface area contributed by atoms with Gasteiger partial charge in [0.15, 0.2) is 5.52 Å². The topological polar surface area (TPSA) is 78.8 Å². The summed E-state index contributed by atoms with van der Waals surface area (Å²) in [6.45, 7) is 0. The molecule has 1 fully saturated rings. The van der Waals surface area contributed by atoms with E-state index >= 15 is 0 Å². The molecule has 0 bridgehead atoms. The van der Waals surface area contributed by atoms with Crippen molar-refractivity contribution in [1.29, 1.82) is 0 Å². The van der Waals surface area contributed by atoms with E-state index in [1.807, 2.05) is 0 Å². The first kappa shape index (κ1) is 12.4. The summed E-state index contributed by atoms with van der Waals surface area (Å²) in [5.74, 6) is 0.0803. The predicted molar refractivity (Wildman–Crippen MR) is 73.2 cm³/mol. The molecular formula is C12H13BrN4O2. The van der Waals surface area contributed by atoms with Crippen LogP contribution in [0.1, 0.15) is 25.7 Å². The first-order valence-corrected chi connectivity index (χ1v) is 7.03. The summed E-state index contributed by atoms with van der Waals surface area (Å²) in [6, 6.07) is 5.17. The molecule has 7 heteroatoms. The molecule has 1 N–H and O–H groups in total. The van der Waals surface area contributed by atoms with Crippen LogP contribution >= 0.6 is 15.9 Å². The van der Waals surface area contributed by atoms with Gasteiger partial charge in [0.25, 0.3) is 0 Å². The minimum atomic E-state index is 0.0803. The molecule has 2 aromatic rings. The van der Waals surface area contributed by atoms with Crippen molar-refractivity contribution in [3.05, 3.63) is 33.1 Å². The highest BCUT2D eigenvalue weighted by Crippen LogP contribution is 2.21. The molecule has 1 aliphatic rings. The minimum Gasteiger partial charge on any atom is -0.739 e. The Bertz CT molecular complexity index is 629. The Morgan fingerprint density at radius 2 is 1.95 bits per heavy atom. The smallest absolute Gasteiger partial charge is 0.461 e. The van der Waals surface area contributed by atoms with Crippen LogP contribution in [0.5, 0.6) is 0 Å². The highest BCUT2D eigenvalue weighted by molar-refractivity contribution is 9.10. The SMILES string of the molecule is [O-][n+]1nc(NC2CCCC2)[n+]([O-])c2ccc(Br)cc21. The van der Waals surface area contributed by atoms with E-state index in [-0.39, 0.29) is 17.5 Å². The van der Waals surface area contributed by atoms with Crippen LogP contribution in [-0.2, 0) is 0 Å². The molecule has 1 heterocycles. The number of rotatable bonds is 2. The first-order chi connectivity index (χ1) is 9.15. The molecule has 0 unspecified atom stereocenters. The maximum atomic E-state index is 12.2. The van der Waals surface area contributed by atoms with Crippen molar-refractivity contribution in [3.63, 3.8) is 0 Å². The lowest BCUT2D eigenvalue weighted by Crippen LogP contribution is -2.45. The van der Waals surface area contributed by atoms with Gasteiger partial charge >= 0.3 is 11.5 Å². The Kier molecular flexibility index (Phi) is 3.14. The average molecular weight is 325 g/mol. The number of nitrogens with zero attached hydrogens (tertiary/aromatic N) is 3. The van der Waals surface area contributed by atoms with Crippen LogP contribution < -0.4 is 14.9 Å². The Balaban J connectivity index is 2.05. The second-order valence-electron chi connectivity index (χ2n) is 4.75. The number of benzene rings is 1. The van der Waals surface area contributed by atoms with Crippen LogP contribution in [0.3, 0.4) is 0 Å². The lowest BCUT2D eigenvalue weighted by Gasteiger charge is -2.12. The van der Waals surface area contributed by atoms with E-state index in [0.717, 1.165) is 30.2 Å². The summed E-state index contributed by atoms with van der Waals surface area (Å²) in [6.07, 6.45) is 4.32. The molecule has 0 amide bonds. The van der Waals surface area contributed by atoms with Gasteiger partial charge in [0.2, 0.25) is 5.10 Å². The van der Waals surface area contributed by atoms with Crippen molar-refractivity contribution in [2.24, 2.45) is 0 Å². The highest BCUT2D eigenvalue weighted by atomic mass is 79.9. The zero-order valence-corrected chi connectivity index (χ0v) is 11.8. The van der Waals surface area contributed by atoms with E-state index in [0.29, 0.717) is 15.1 Å². The van der Waals surface area contributed by atoms with Crippen molar-refractivity contribution < 1.29 is 9.58 Å². The van der Waals surface area contributed by atoms with Crippen molar-refractivity contribution >= 4 is 32.9 Å². The highest BCUT2D eigenvalue weighted by Gasteiger charge is 2.25. The summed E-state index contributed by atoms with van der Waals surface area (Å²) < 4.78 is 1.43. The van der Waals surface area contributed by atoms with Gasteiger partial charge in [-0.3, -0.25) is 5.32 Å². The molecule has 19 heavy (non-hydrogen) atoms. The largest absolute Gasteiger partial charge is 0.739 e. The number of aromatic nitrogens is 3. The third kappa shape index (κ3) is 2.30. The van der Waals surface area contributed by atoms with Crippen LogP contribution in [0.2, 0.25) is 0 Å². The van der Waals surface area contributed by atoms with E-state index < -0.39 is 0 Å². The normalized spacial score (nSPS) is 16.1. The standard InChI is InChI=1S/C12H13BrN4O2/c13-8-5-6-10-11(7-8)17(19)15-12(16(10)18)14-9-3-1-2-4-9/h5-7,9H,1-4H2,(H,14,15). The minimum absolute atomic E-state index is 0.0803. The number of nitrogens with one attached hydrogen (secondary N) is 1. The van der Waals surface area contributed by atoms with E-state index in [1.54, 1.807) is 18.2 Å². The second-order valence-corrected chi connectivity index (χ2v) is 5.67. The van der Waals surface area contributed by atoms with E-state index in [2.05, 4.69) is 26.3 Å². The average Bonchev–Trinajstić information content (AvgIpc) is 2.88. The molecule has 0 spiro atoms. The summed E-state index contributed by atoms with van der Waals surface area (Å²) in [5.41, 5.74) is 0.565. The Hall–Kier alpha value is -1.63. The quantitative estimate of drug-likeness (QED) is 0.672. The summed E-state index contributed by atoms with van der Waals surface area (Å²) in [4.78, 5) is 0.492. The van der Waals surface area contributed by atoms with Gasteiger partial charge in [-0.05, 0) is 37.8 Å². The Labute approximate surface area is 118 Å². The number of fused-ring (bicyclic) bond motifs is 1. The zero-order chi connectivity index (χ0) is 13.4. The molecule has 0 aliphatic heterocycles. The van der Waals surface area contributed by atoms with Gasteiger partial charge in [-0.2, -0.15) is 0 Å². The third-order valence-corrected chi connectivity index (χ3v) is 3.92. The molecule has 1 aromatic heterocycles. The summed E-state index contributed by atoms with van der Waals surface area (Å²) >= 11 is 3.27. The lowest BCUT2D eigenvalue weighted by molar-refractivity contribution is -0.672. The van der Waals surface area contributed by atoms with Crippen molar-refractivity contribution in [2.75, 3.05) is 5.32 Å². The number of anilines is 1. The van der Waals surface area contributed by atoms with E-state index in [1.165, 1.54) is 0 Å². The third-order valence-electron chi connectivity index (χ3n) is 3.43. The van der Waals surface area contributed by atoms with Crippen LogP contribution in [0.4, 0.5) is 5.95 Å². The maximum absolute atomic E-state index is 12.2. The summed E-state index contributed by atoms with van der Waals surface area (Å²) in [7, 11) is 0. The molecule has 1 saturated carbocycles. The van der Waals surface area contributed by atoms with Crippen molar-refractivity contribution in [3.8, 4) is 0 Å². The fourth-order valence-electron chi connectivity index (χ4n) is 2.46. The van der Waals surface area contributed by atoms with Crippen LogP contribution in [0.15, 0.2) is 22.7 Å². The van der Waals surface area contributed by atoms with Gasteiger partial charge in [-0.1, -0.05) is 15.9 Å². The number of hydrogen-bond donors (Lipinski definition) is 1. The monoisotopic (exact) mass is 324 g/mol. The Morgan fingerprint density at radius 1 is 1.21 bits per heavy atom. The van der Waals surface area contributed by atoms with Crippen molar-refractivity contribution in [1.82, 2.24) is 5.10 Å². The molecule has 0 atom stereocenters. The molecule has 0 saturated heterocycles. The molecule has 6 nitrogen and oxygen atoms in total. The van der Waals surface area contributed by atoms with Gasteiger partial charge in [-0.15, -0.1) is 0 Å². The molecule has 0 radical (unpaired) electrons. The van der Waals surface area contributed by atoms with Crippen molar-refractivity contribution in [2.45, 2.75) is 31.7 Å². The zero-order valence-electron chi connectivity index (χ0n) is 10.2. The molecule has 3 rings (SSSR count). The molecular weight excluding hydrogens is 312 g/mol. The molecule has 1 aliphatic carbocycles. The lowest BCUT2D eigenvalue weighted by atomic mass is 10.2. The number of halogens is 1. The summed E-state index contributed by atoms with van der Waals surface area (Å²) in [5, 5.41) is 30.9. The van der Waals surface area contributed by atoms with E-state index in [4.69, 9.17) is 0 Å². The van der Waals surface area contributed by atoms with Gasteiger partial charge < -0.3 is 10.4 Å². The molecule has 100 valence electrons. The maximum Gasteiger partial charge on any atom is 0.461 e.